The Hall–Kier alpha value is -3.95. The van der Waals surface area contributed by atoms with Gasteiger partial charge in [-0.15, -0.1) is 10.2 Å². The van der Waals surface area contributed by atoms with Crippen molar-refractivity contribution >= 4 is 26.0 Å². The minimum atomic E-state index is -4.52. The summed E-state index contributed by atoms with van der Waals surface area (Å²) < 4.78 is 76.5. The number of nitrogens with zero attached hydrogens (tertiary/aromatic N) is 5. The molecule has 11 nitrogen and oxygen atoms in total. The van der Waals surface area contributed by atoms with Crippen molar-refractivity contribution in [3.8, 4) is 34.6 Å². The lowest BCUT2D eigenvalue weighted by Crippen LogP contribution is -2.43. The van der Waals surface area contributed by atoms with E-state index in [4.69, 9.17) is 14.2 Å². The fourth-order valence-electron chi connectivity index (χ4n) is 4.57. The molecule has 4 rings (SSSR count). The number of sulfonamides is 1. The summed E-state index contributed by atoms with van der Waals surface area (Å²) in [6.07, 6.45) is 4.26. The topological polar surface area (TPSA) is 129 Å². The van der Waals surface area contributed by atoms with Crippen LogP contribution < -0.4 is 18.5 Å². The van der Waals surface area contributed by atoms with Gasteiger partial charge in [-0.2, -0.15) is 0 Å². The van der Waals surface area contributed by atoms with E-state index in [1.54, 1.807) is 36.4 Å². The molecular weight excluding hydrogens is 628 g/mol. The molecule has 244 valence electrons. The highest BCUT2D eigenvalue weighted by Crippen LogP contribution is 2.41. The molecule has 2 aromatic heterocycles. The number of methoxy groups -OCH3 is 3. The van der Waals surface area contributed by atoms with Crippen molar-refractivity contribution in [2.24, 2.45) is 0 Å². The summed E-state index contributed by atoms with van der Waals surface area (Å²) in [5.74, 6) is -0.542. The third-order valence-corrected chi connectivity index (χ3v) is 10.6. The van der Waals surface area contributed by atoms with Crippen molar-refractivity contribution in [2.45, 2.75) is 18.3 Å². The Morgan fingerprint density at radius 1 is 0.933 bits per heavy atom. The zero-order valence-electron chi connectivity index (χ0n) is 26.1. The Kier molecular flexibility index (Phi) is 10.2. The standard InChI is InChI=1S/C30H37F2N5O6S2/c1-19(28(38)21-15-14-20(31)18-22(21)32)45(39,40)36(16-17-44(5,6)7)30-35-34-29(23-10-8-13-26(33-23)43-4)37(30)27-24(41-2)11-9-12-25(27)42-3/h8-15,18-19,28,38H,16-17H2,1-7H3/t19-,28+/m1/s1. The molecule has 0 spiro atoms. The molecule has 1 N–H and O–H groups in total. The largest absolute Gasteiger partial charge is 0.494 e. The molecule has 2 heterocycles. The average molecular weight is 666 g/mol. The van der Waals surface area contributed by atoms with Crippen LogP contribution in [0, 0.1) is 11.6 Å². The lowest BCUT2D eigenvalue weighted by molar-refractivity contribution is 0.171. The number of hydrogen-bond acceptors (Lipinski definition) is 9. The molecule has 0 aliphatic heterocycles. The van der Waals surface area contributed by atoms with Crippen molar-refractivity contribution < 1.29 is 36.5 Å². The predicted molar refractivity (Wildman–Crippen MR) is 172 cm³/mol. The number of aliphatic hydroxyl groups excluding tert-OH is 1. The van der Waals surface area contributed by atoms with Crippen LogP contribution in [0.25, 0.3) is 17.2 Å². The number of aromatic nitrogens is 4. The van der Waals surface area contributed by atoms with E-state index in [-0.39, 0.29) is 29.8 Å². The Bertz CT molecular complexity index is 1740. The fraction of sp³-hybridized carbons (Fsp3) is 0.367. The smallest absolute Gasteiger partial charge is 0.246 e. The second kappa shape index (κ2) is 13.6. The van der Waals surface area contributed by atoms with Crippen LogP contribution in [-0.4, -0.2) is 90.9 Å². The quantitative estimate of drug-likeness (QED) is 0.218. The van der Waals surface area contributed by atoms with Crippen LogP contribution in [-0.2, 0) is 10.0 Å². The van der Waals surface area contributed by atoms with Crippen LogP contribution in [0.15, 0.2) is 54.6 Å². The van der Waals surface area contributed by atoms with E-state index < -0.39 is 43.0 Å². The lowest BCUT2D eigenvalue weighted by atomic mass is 10.1. The van der Waals surface area contributed by atoms with E-state index in [2.05, 4.69) is 15.2 Å². The van der Waals surface area contributed by atoms with E-state index in [1.165, 1.54) is 32.8 Å². The second-order valence-corrected chi connectivity index (χ2v) is 17.8. The zero-order chi connectivity index (χ0) is 33.1. The Labute approximate surface area is 263 Å². The minimum absolute atomic E-state index is 0.0503. The first-order valence-corrected chi connectivity index (χ1v) is 18.2. The number of anilines is 1. The SMILES string of the molecule is COc1cccc(-c2nnc(N(CCS(C)(C)C)S(=O)(=O)[C@H](C)[C@H](O)c3ccc(F)cc3F)n2-c2c(OC)cccc2OC)n1. The maximum atomic E-state index is 14.7. The molecular formula is C30H37F2N5O6S2. The Morgan fingerprint density at radius 3 is 2.16 bits per heavy atom. The summed E-state index contributed by atoms with van der Waals surface area (Å²) in [6, 6.07) is 12.6. The van der Waals surface area contributed by atoms with Crippen molar-refractivity contribution in [3.63, 3.8) is 0 Å². The van der Waals surface area contributed by atoms with Gasteiger partial charge in [0.05, 0.1) is 21.3 Å². The first-order chi connectivity index (χ1) is 21.2. The van der Waals surface area contributed by atoms with Crippen LogP contribution in [0.2, 0.25) is 0 Å². The summed E-state index contributed by atoms with van der Waals surface area (Å²) in [5.41, 5.74) is 0.243. The fourth-order valence-corrected chi connectivity index (χ4v) is 6.98. The Morgan fingerprint density at radius 2 is 1.58 bits per heavy atom. The number of halogens is 2. The third-order valence-electron chi connectivity index (χ3n) is 7.07. The molecule has 0 fully saturated rings. The molecule has 2 atom stereocenters. The van der Waals surface area contributed by atoms with Gasteiger partial charge in [0.25, 0.3) is 0 Å². The van der Waals surface area contributed by atoms with Gasteiger partial charge in [-0.05, 0) is 55.7 Å². The molecule has 0 saturated carbocycles. The summed E-state index contributed by atoms with van der Waals surface area (Å²) in [6.45, 7) is 1.21. The van der Waals surface area contributed by atoms with Crippen LogP contribution >= 0.6 is 10.0 Å². The van der Waals surface area contributed by atoms with Gasteiger partial charge in [0.1, 0.15) is 45.9 Å². The molecule has 15 heteroatoms. The first-order valence-electron chi connectivity index (χ1n) is 13.7. The van der Waals surface area contributed by atoms with Crippen molar-refractivity contribution in [3.05, 3.63) is 71.8 Å². The van der Waals surface area contributed by atoms with Gasteiger partial charge < -0.3 is 19.3 Å². The zero-order valence-corrected chi connectivity index (χ0v) is 27.7. The number of ether oxygens (including phenoxy) is 3. The number of rotatable bonds is 13. The molecule has 0 saturated heterocycles. The molecule has 0 amide bonds. The van der Waals surface area contributed by atoms with Gasteiger partial charge in [-0.1, -0.05) is 18.2 Å². The van der Waals surface area contributed by atoms with E-state index in [0.717, 1.165) is 16.4 Å². The monoisotopic (exact) mass is 665 g/mol. The average Bonchev–Trinajstić information content (AvgIpc) is 3.43. The van der Waals surface area contributed by atoms with Gasteiger partial charge in [0.15, 0.2) is 5.82 Å². The molecule has 0 radical (unpaired) electrons. The molecule has 0 bridgehead atoms. The van der Waals surface area contributed by atoms with Crippen LogP contribution in [0.4, 0.5) is 14.7 Å². The maximum absolute atomic E-state index is 14.7. The number of para-hydroxylation sites is 1. The van der Waals surface area contributed by atoms with Crippen molar-refractivity contribution in [2.75, 3.05) is 56.7 Å². The van der Waals surface area contributed by atoms with Crippen LogP contribution in [0.3, 0.4) is 0 Å². The van der Waals surface area contributed by atoms with Gasteiger partial charge >= 0.3 is 0 Å². The van der Waals surface area contributed by atoms with Gasteiger partial charge in [-0.25, -0.2) is 36.5 Å². The normalized spacial score (nSPS) is 13.6. The maximum Gasteiger partial charge on any atom is 0.246 e. The molecule has 0 unspecified atom stereocenters. The molecule has 0 aliphatic carbocycles. The van der Waals surface area contributed by atoms with E-state index in [1.807, 2.05) is 18.8 Å². The summed E-state index contributed by atoms with van der Waals surface area (Å²) in [4.78, 5) is 4.50. The highest BCUT2D eigenvalue weighted by atomic mass is 32.3. The number of aliphatic hydroxyl groups is 1. The van der Waals surface area contributed by atoms with Gasteiger partial charge in [-0.3, -0.25) is 4.57 Å². The third kappa shape index (κ3) is 7.15. The first kappa shape index (κ1) is 33.9. The molecule has 0 aliphatic rings. The number of pyridine rings is 1. The van der Waals surface area contributed by atoms with Gasteiger partial charge in [0.2, 0.25) is 21.9 Å². The van der Waals surface area contributed by atoms with Crippen LogP contribution in [0.1, 0.15) is 18.6 Å². The predicted octanol–water partition coefficient (Wildman–Crippen LogP) is 4.59. The van der Waals surface area contributed by atoms with E-state index in [9.17, 15) is 22.3 Å². The van der Waals surface area contributed by atoms with Crippen molar-refractivity contribution in [1.29, 1.82) is 0 Å². The summed E-state index contributed by atoms with van der Waals surface area (Å²) in [5, 5.41) is 18.3. The number of hydrogen-bond donors (Lipinski definition) is 1. The molecule has 2 aromatic carbocycles. The highest BCUT2D eigenvalue weighted by Gasteiger charge is 2.40. The second-order valence-electron chi connectivity index (χ2n) is 11.0. The summed E-state index contributed by atoms with van der Waals surface area (Å²) in [7, 11) is -1.40. The van der Waals surface area contributed by atoms with E-state index in [0.29, 0.717) is 34.7 Å². The number of benzene rings is 2. The molecule has 45 heavy (non-hydrogen) atoms. The summed E-state index contributed by atoms with van der Waals surface area (Å²) >= 11 is 0. The van der Waals surface area contributed by atoms with Crippen molar-refractivity contribution in [1.82, 2.24) is 19.7 Å². The lowest BCUT2D eigenvalue weighted by Gasteiger charge is -2.33. The van der Waals surface area contributed by atoms with E-state index >= 15 is 0 Å². The van der Waals surface area contributed by atoms with Gasteiger partial charge in [0, 0.05) is 24.2 Å². The minimum Gasteiger partial charge on any atom is -0.494 e. The Balaban J connectivity index is 2.00. The highest BCUT2D eigenvalue weighted by molar-refractivity contribution is 8.32. The molecule has 4 aromatic rings. The van der Waals surface area contributed by atoms with Crippen LogP contribution in [0.5, 0.6) is 17.4 Å².